The number of aromatic amines is 1. The summed E-state index contributed by atoms with van der Waals surface area (Å²) < 4.78 is 0. The highest BCUT2D eigenvalue weighted by Gasteiger charge is 2.21. The maximum atomic E-state index is 4.13. The van der Waals surface area contributed by atoms with Crippen molar-refractivity contribution >= 4 is 0 Å². The summed E-state index contributed by atoms with van der Waals surface area (Å²) in [6.45, 7) is 8.70. The Morgan fingerprint density at radius 2 is 2.00 bits per heavy atom. The predicted octanol–water partition coefficient (Wildman–Crippen LogP) is 2.44. The third kappa shape index (κ3) is 2.54. The SMILES string of the molecule is CCCCc1[nH]nnc1C(C)(C)C. The highest BCUT2D eigenvalue weighted by atomic mass is 15.3. The van der Waals surface area contributed by atoms with Crippen molar-refractivity contribution in [1.29, 1.82) is 0 Å². The van der Waals surface area contributed by atoms with Gasteiger partial charge in [-0.25, -0.2) is 0 Å². The van der Waals surface area contributed by atoms with E-state index in [4.69, 9.17) is 0 Å². The molecule has 0 aliphatic heterocycles. The van der Waals surface area contributed by atoms with Crippen LogP contribution in [0.1, 0.15) is 51.9 Å². The summed E-state index contributed by atoms with van der Waals surface area (Å²) in [7, 11) is 0. The van der Waals surface area contributed by atoms with E-state index in [0.717, 1.165) is 12.1 Å². The molecule has 0 atom stereocenters. The van der Waals surface area contributed by atoms with Gasteiger partial charge in [-0.15, -0.1) is 5.10 Å². The van der Waals surface area contributed by atoms with Gasteiger partial charge in [0.2, 0.25) is 0 Å². The molecule has 1 N–H and O–H groups in total. The largest absolute Gasteiger partial charge is 0.262 e. The first kappa shape index (κ1) is 10.2. The van der Waals surface area contributed by atoms with Crippen LogP contribution in [0.4, 0.5) is 0 Å². The van der Waals surface area contributed by atoms with Crippen LogP contribution in [-0.2, 0) is 11.8 Å². The Hall–Kier alpha value is -0.860. The zero-order valence-corrected chi connectivity index (χ0v) is 9.02. The van der Waals surface area contributed by atoms with Crippen molar-refractivity contribution in [2.45, 2.75) is 52.4 Å². The van der Waals surface area contributed by atoms with Crippen molar-refractivity contribution in [3.8, 4) is 0 Å². The molecule has 1 aromatic heterocycles. The van der Waals surface area contributed by atoms with Gasteiger partial charge in [-0.3, -0.25) is 5.10 Å². The highest BCUT2D eigenvalue weighted by Crippen LogP contribution is 2.22. The van der Waals surface area contributed by atoms with E-state index in [1.54, 1.807) is 0 Å². The molecule has 0 radical (unpaired) electrons. The number of rotatable bonds is 3. The molecular formula is C10H19N3. The fourth-order valence-electron chi connectivity index (χ4n) is 1.38. The Labute approximate surface area is 79.9 Å². The summed E-state index contributed by atoms with van der Waals surface area (Å²) in [5, 5.41) is 11.0. The van der Waals surface area contributed by atoms with Crippen molar-refractivity contribution < 1.29 is 0 Å². The molecular weight excluding hydrogens is 162 g/mol. The smallest absolute Gasteiger partial charge is 0.0909 e. The molecule has 1 aromatic rings. The van der Waals surface area contributed by atoms with Gasteiger partial charge in [0.15, 0.2) is 0 Å². The maximum absolute atomic E-state index is 4.13. The fraction of sp³-hybridized carbons (Fsp3) is 0.800. The molecule has 74 valence electrons. The lowest BCUT2D eigenvalue weighted by Gasteiger charge is -2.16. The van der Waals surface area contributed by atoms with Crippen LogP contribution in [0.2, 0.25) is 0 Å². The molecule has 0 saturated carbocycles. The second-order valence-corrected chi connectivity index (χ2v) is 4.49. The third-order valence-electron chi connectivity index (χ3n) is 2.11. The number of hydrogen-bond acceptors (Lipinski definition) is 2. The number of nitrogens with zero attached hydrogens (tertiary/aromatic N) is 2. The summed E-state index contributed by atoms with van der Waals surface area (Å²) >= 11 is 0. The number of H-pyrrole nitrogens is 1. The molecule has 0 aliphatic carbocycles. The number of nitrogens with one attached hydrogen (secondary N) is 1. The van der Waals surface area contributed by atoms with Crippen LogP contribution in [0.5, 0.6) is 0 Å². The highest BCUT2D eigenvalue weighted by molar-refractivity contribution is 5.17. The molecule has 0 unspecified atom stereocenters. The zero-order valence-electron chi connectivity index (χ0n) is 9.02. The van der Waals surface area contributed by atoms with E-state index < -0.39 is 0 Å². The standard InChI is InChI=1S/C10H19N3/c1-5-6-7-8-9(10(2,3)4)12-13-11-8/h5-7H2,1-4H3,(H,11,12,13). The Morgan fingerprint density at radius 3 is 2.54 bits per heavy atom. The van der Waals surface area contributed by atoms with Crippen molar-refractivity contribution in [3.63, 3.8) is 0 Å². The van der Waals surface area contributed by atoms with Gasteiger partial charge in [-0.2, -0.15) is 0 Å². The minimum Gasteiger partial charge on any atom is -0.262 e. The van der Waals surface area contributed by atoms with Crippen molar-refractivity contribution in [3.05, 3.63) is 11.4 Å². The lowest BCUT2D eigenvalue weighted by Crippen LogP contribution is -2.14. The summed E-state index contributed by atoms with van der Waals surface area (Å²) in [6.07, 6.45) is 3.48. The monoisotopic (exact) mass is 181 g/mol. The van der Waals surface area contributed by atoms with Crippen LogP contribution in [-0.4, -0.2) is 15.4 Å². The molecule has 1 heterocycles. The Bertz CT molecular complexity index is 257. The quantitative estimate of drug-likeness (QED) is 0.778. The summed E-state index contributed by atoms with van der Waals surface area (Å²) in [4.78, 5) is 0. The summed E-state index contributed by atoms with van der Waals surface area (Å²) in [5.41, 5.74) is 2.42. The predicted molar refractivity (Wildman–Crippen MR) is 53.7 cm³/mol. The van der Waals surface area contributed by atoms with Crippen LogP contribution in [0.25, 0.3) is 0 Å². The van der Waals surface area contributed by atoms with Gasteiger partial charge >= 0.3 is 0 Å². The minimum atomic E-state index is 0.107. The topological polar surface area (TPSA) is 41.6 Å². The molecule has 0 spiro atoms. The van der Waals surface area contributed by atoms with Crippen LogP contribution < -0.4 is 0 Å². The number of unbranched alkanes of at least 4 members (excludes halogenated alkanes) is 1. The van der Waals surface area contributed by atoms with E-state index >= 15 is 0 Å². The number of hydrogen-bond donors (Lipinski definition) is 1. The van der Waals surface area contributed by atoms with Crippen LogP contribution in [0.3, 0.4) is 0 Å². The van der Waals surface area contributed by atoms with E-state index in [-0.39, 0.29) is 5.41 Å². The average Bonchev–Trinajstić information content (AvgIpc) is 2.47. The summed E-state index contributed by atoms with van der Waals surface area (Å²) in [5.74, 6) is 0. The first-order chi connectivity index (χ1) is 6.05. The van der Waals surface area contributed by atoms with Gasteiger partial charge in [0.1, 0.15) is 0 Å². The van der Waals surface area contributed by atoms with Crippen molar-refractivity contribution in [2.75, 3.05) is 0 Å². The normalized spacial score (nSPS) is 12.0. The zero-order chi connectivity index (χ0) is 9.90. The average molecular weight is 181 g/mol. The van der Waals surface area contributed by atoms with Crippen molar-refractivity contribution in [2.24, 2.45) is 0 Å². The minimum absolute atomic E-state index is 0.107. The summed E-state index contributed by atoms with van der Waals surface area (Å²) in [6, 6.07) is 0. The number of aromatic nitrogens is 3. The first-order valence-corrected chi connectivity index (χ1v) is 4.96. The van der Waals surface area contributed by atoms with Gasteiger partial charge in [0, 0.05) is 5.41 Å². The van der Waals surface area contributed by atoms with E-state index in [0.29, 0.717) is 0 Å². The molecule has 0 bridgehead atoms. The van der Waals surface area contributed by atoms with Gasteiger partial charge in [0.25, 0.3) is 0 Å². The van der Waals surface area contributed by atoms with Crippen molar-refractivity contribution in [1.82, 2.24) is 15.4 Å². The van der Waals surface area contributed by atoms with Gasteiger partial charge in [-0.05, 0) is 12.8 Å². The van der Waals surface area contributed by atoms with Gasteiger partial charge < -0.3 is 0 Å². The van der Waals surface area contributed by atoms with Gasteiger partial charge in [-0.1, -0.05) is 39.3 Å². The lowest BCUT2D eigenvalue weighted by atomic mass is 9.90. The molecule has 1 rings (SSSR count). The molecule has 3 heteroatoms. The van der Waals surface area contributed by atoms with E-state index in [9.17, 15) is 0 Å². The lowest BCUT2D eigenvalue weighted by molar-refractivity contribution is 0.558. The Kier molecular flexibility index (Phi) is 3.07. The first-order valence-electron chi connectivity index (χ1n) is 4.96. The molecule has 0 saturated heterocycles. The fourth-order valence-corrected chi connectivity index (χ4v) is 1.38. The molecule has 0 aromatic carbocycles. The van der Waals surface area contributed by atoms with Crippen LogP contribution >= 0.6 is 0 Å². The second kappa shape index (κ2) is 3.90. The van der Waals surface area contributed by atoms with E-state index in [1.807, 2.05) is 0 Å². The van der Waals surface area contributed by atoms with Crippen LogP contribution in [0.15, 0.2) is 0 Å². The molecule has 0 fully saturated rings. The molecule has 0 amide bonds. The maximum Gasteiger partial charge on any atom is 0.0909 e. The van der Waals surface area contributed by atoms with E-state index in [1.165, 1.54) is 18.5 Å². The van der Waals surface area contributed by atoms with Crippen LogP contribution in [0, 0.1) is 0 Å². The molecule has 0 aliphatic rings. The Morgan fingerprint density at radius 1 is 1.31 bits per heavy atom. The van der Waals surface area contributed by atoms with Gasteiger partial charge in [0.05, 0.1) is 11.4 Å². The molecule has 3 nitrogen and oxygen atoms in total. The third-order valence-corrected chi connectivity index (χ3v) is 2.11. The second-order valence-electron chi connectivity index (χ2n) is 4.49. The number of aryl methyl sites for hydroxylation is 1. The Balaban J connectivity index is 2.77. The van der Waals surface area contributed by atoms with E-state index in [2.05, 4.69) is 43.1 Å². The molecule has 13 heavy (non-hydrogen) atoms.